The van der Waals surface area contributed by atoms with Gasteiger partial charge in [0.25, 0.3) is 0 Å². The molecule has 0 saturated heterocycles. The third-order valence-corrected chi connectivity index (χ3v) is 5.48. The molecule has 0 aliphatic rings. The fraction of sp³-hybridized carbons (Fsp3) is 0.235. The fourth-order valence-electron chi connectivity index (χ4n) is 2.10. The molecule has 0 aliphatic heterocycles. The van der Waals surface area contributed by atoms with Crippen LogP contribution in [0.25, 0.3) is 0 Å². The Kier molecular flexibility index (Phi) is 6.08. The van der Waals surface area contributed by atoms with Gasteiger partial charge in [0.1, 0.15) is 5.76 Å². The van der Waals surface area contributed by atoms with Crippen LogP contribution < -0.4 is 10.6 Å². The van der Waals surface area contributed by atoms with Crippen LogP contribution in [0, 0.1) is 6.92 Å². The van der Waals surface area contributed by atoms with Crippen LogP contribution in [0.2, 0.25) is 0 Å². The highest BCUT2D eigenvalue weighted by Crippen LogP contribution is 2.25. The van der Waals surface area contributed by atoms with Crippen LogP contribution in [0.3, 0.4) is 0 Å². The van der Waals surface area contributed by atoms with E-state index in [2.05, 4.69) is 20.8 Å². The molecule has 0 aliphatic carbocycles. The van der Waals surface area contributed by atoms with Crippen molar-refractivity contribution in [3.63, 3.8) is 0 Å². The Morgan fingerprint density at radius 1 is 1.20 bits per heavy atom. The van der Waals surface area contributed by atoms with E-state index in [1.54, 1.807) is 6.26 Å². The van der Waals surface area contributed by atoms with Gasteiger partial charge < -0.3 is 15.1 Å². The molecule has 8 heteroatoms. The van der Waals surface area contributed by atoms with E-state index in [1.165, 1.54) is 28.7 Å². The molecule has 6 nitrogen and oxygen atoms in total. The van der Waals surface area contributed by atoms with Gasteiger partial charge in [-0.15, -0.1) is 10.2 Å². The number of hydrogen-bond donors (Lipinski definition) is 2. The lowest BCUT2D eigenvalue weighted by Crippen LogP contribution is -2.24. The second-order valence-corrected chi connectivity index (χ2v) is 7.50. The predicted octanol–water partition coefficient (Wildman–Crippen LogP) is 3.46. The van der Waals surface area contributed by atoms with Crippen molar-refractivity contribution < 1.29 is 9.21 Å². The van der Waals surface area contributed by atoms with Crippen LogP contribution in [0.15, 0.2) is 51.4 Å². The standard InChI is InChI=1S/C17H18N4O2S2/c1-12-5-2-3-6-13(12)9-18-15(22)11-24-17-21-20-16(25-17)19-10-14-7-4-8-23-14/h2-8H,9-11H2,1H3,(H,18,22)(H,19,20). The van der Waals surface area contributed by atoms with Gasteiger partial charge in [-0.25, -0.2) is 0 Å². The van der Waals surface area contributed by atoms with Gasteiger partial charge in [0, 0.05) is 6.54 Å². The zero-order chi connectivity index (χ0) is 17.5. The van der Waals surface area contributed by atoms with Crippen LogP contribution in [0.1, 0.15) is 16.9 Å². The largest absolute Gasteiger partial charge is 0.467 e. The number of nitrogens with zero attached hydrogens (tertiary/aromatic N) is 2. The molecule has 1 aromatic carbocycles. The molecule has 0 radical (unpaired) electrons. The van der Waals surface area contributed by atoms with E-state index in [9.17, 15) is 4.79 Å². The molecule has 0 fully saturated rings. The number of carbonyl (C=O) groups is 1. The maximum absolute atomic E-state index is 12.0. The molecule has 0 bridgehead atoms. The molecule has 0 saturated carbocycles. The van der Waals surface area contributed by atoms with Crippen LogP contribution >= 0.6 is 23.1 Å². The molecule has 130 valence electrons. The Labute approximate surface area is 154 Å². The maximum Gasteiger partial charge on any atom is 0.230 e. The number of carbonyl (C=O) groups excluding carboxylic acids is 1. The number of nitrogens with one attached hydrogen (secondary N) is 2. The first-order chi connectivity index (χ1) is 12.2. The monoisotopic (exact) mass is 374 g/mol. The number of aryl methyl sites for hydroxylation is 1. The molecule has 3 aromatic rings. The summed E-state index contributed by atoms with van der Waals surface area (Å²) in [6.45, 7) is 3.14. The molecule has 0 unspecified atom stereocenters. The van der Waals surface area contributed by atoms with Crippen molar-refractivity contribution in [3.05, 3.63) is 59.5 Å². The van der Waals surface area contributed by atoms with E-state index < -0.39 is 0 Å². The van der Waals surface area contributed by atoms with Crippen molar-refractivity contribution in [1.82, 2.24) is 15.5 Å². The third-order valence-electron chi connectivity index (χ3n) is 3.46. The number of aromatic nitrogens is 2. The normalized spacial score (nSPS) is 10.6. The average Bonchev–Trinajstić information content (AvgIpc) is 3.29. The highest BCUT2D eigenvalue weighted by atomic mass is 32.2. The lowest BCUT2D eigenvalue weighted by Gasteiger charge is -2.07. The minimum absolute atomic E-state index is 0.0199. The van der Waals surface area contributed by atoms with Crippen LogP contribution in [-0.2, 0) is 17.9 Å². The topological polar surface area (TPSA) is 80.0 Å². The maximum atomic E-state index is 12.0. The van der Waals surface area contributed by atoms with Gasteiger partial charge >= 0.3 is 0 Å². The number of amides is 1. The summed E-state index contributed by atoms with van der Waals surface area (Å²) in [6.07, 6.45) is 1.63. The number of furan rings is 1. The second-order valence-electron chi connectivity index (χ2n) is 5.30. The molecule has 2 N–H and O–H groups in total. The molecule has 0 atom stereocenters. The van der Waals surface area contributed by atoms with Crippen molar-refractivity contribution in [2.45, 2.75) is 24.4 Å². The first-order valence-electron chi connectivity index (χ1n) is 7.74. The lowest BCUT2D eigenvalue weighted by atomic mass is 10.1. The summed E-state index contributed by atoms with van der Waals surface area (Å²) < 4.78 is 6.01. The lowest BCUT2D eigenvalue weighted by molar-refractivity contribution is -0.118. The van der Waals surface area contributed by atoms with E-state index in [0.717, 1.165) is 15.7 Å². The van der Waals surface area contributed by atoms with E-state index in [4.69, 9.17) is 4.42 Å². The zero-order valence-electron chi connectivity index (χ0n) is 13.7. The Hall–Kier alpha value is -2.32. The molecular formula is C17H18N4O2S2. The molecule has 1 amide bonds. The summed E-state index contributed by atoms with van der Waals surface area (Å²) in [5.74, 6) is 1.13. The van der Waals surface area contributed by atoms with Gasteiger partial charge in [-0.1, -0.05) is 47.4 Å². The van der Waals surface area contributed by atoms with Gasteiger partial charge in [0.15, 0.2) is 4.34 Å². The first kappa shape index (κ1) is 17.5. The van der Waals surface area contributed by atoms with Crippen LogP contribution in [-0.4, -0.2) is 21.9 Å². The number of hydrogen-bond acceptors (Lipinski definition) is 7. The summed E-state index contributed by atoms with van der Waals surface area (Å²) in [6, 6.07) is 11.8. The van der Waals surface area contributed by atoms with Crippen molar-refractivity contribution >= 4 is 34.1 Å². The van der Waals surface area contributed by atoms with E-state index in [-0.39, 0.29) is 5.91 Å². The fourth-order valence-corrected chi connectivity index (χ4v) is 3.67. The van der Waals surface area contributed by atoms with Gasteiger partial charge in [-0.2, -0.15) is 0 Å². The molecule has 0 spiro atoms. The summed E-state index contributed by atoms with van der Waals surface area (Å²) in [5, 5.41) is 14.9. The SMILES string of the molecule is Cc1ccccc1CNC(=O)CSc1nnc(NCc2ccco2)s1. The van der Waals surface area contributed by atoms with Crippen LogP contribution in [0.4, 0.5) is 5.13 Å². The highest BCUT2D eigenvalue weighted by molar-refractivity contribution is 8.01. The number of thioether (sulfide) groups is 1. The number of rotatable bonds is 8. The quantitative estimate of drug-likeness (QED) is 0.588. The number of anilines is 1. The molecule has 3 rings (SSSR count). The van der Waals surface area contributed by atoms with Gasteiger partial charge in [-0.3, -0.25) is 4.79 Å². The van der Waals surface area contributed by atoms with Crippen molar-refractivity contribution in [1.29, 1.82) is 0 Å². The van der Waals surface area contributed by atoms with Crippen molar-refractivity contribution in [2.24, 2.45) is 0 Å². The second kappa shape index (κ2) is 8.68. The van der Waals surface area contributed by atoms with Gasteiger partial charge in [-0.05, 0) is 30.2 Å². The van der Waals surface area contributed by atoms with Gasteiger partial charge in [0.05, 0.1) is 18.6 Å². The molecule has 2 aromatic heterocycles. The summed E-state index contributed by atoms with van der Waals surface area (Å²) in [7, 11) is 0. The molecule has 2 heterocycles. The van der Waals surface area contributed by atoms with Crippen LogP contribution in [0.5, 0.6) is 0 Å². The highest BCUT2D eigenvalue weighted by Gasteiger charge is 2.09. The van der Waals surface area contributed by atoms with Crippen molar-refractivity contribution in [3.8, 4) is 0 Å². The number of benzene rings is 1. The minimum Gasteiger partial charge on any atom is -0.467 e. The zero-order valence-corrected chi connectivity index (χ0v) is 15.3. The smallest absolute Gasteiger partial charge is 0.230 e. The summed E-state index contributed by atoms with van der Waals surface area (Å²) in [5.41, 5.74) is 2.30. The Balaban J connectivity index is 1.41. The van der Waals surface area contributed by atoms with Crippen molar-refractivity contribution in [2.75, 3.05) is 11.1 Å². The Morgan fingerprint density at radius 2 is 2.08 bits per heavy atom. The minimum atomic E-state index is -0.0199. The molecular weight excluding hydrogens is 356 g/mol. The van der Waals surface area contributed by atoms with E-state index in [1.807, 2.05) is 43.3 Å². The Morgan fingerprint density at radius 3 is 2.88 bits per heavy atom. The van der Waals surface area contributed by atoms with E-state index in [0.29, 0.717) is 24.0 Å². The summed E-state index contributed by atoms with van der Waals surface area (Å²) in [4.78, 5) is 12.0. The van der Waals surface area contributed by atoms with Gasteiger partial charge in [0.2, 0.25) is 11.0 Å². The third kappa shape index (κ3) is 5.33. The van der Waals surface area contributed by atoms with E-state index >= 15 is 0 Å². The average molecular weight is 374 g/mol. The summed E-state index contributed by atoms with van der Waals surface area (Å²) >= 11 is 2.80. The Bertz CT molecular complexity index is 818. The first-order valence-corrected chi connectivity index (χ1v) is 9.54. The molecule has 25 heavy (non-hydrogen) atoms. The predicted molar refractivity (Wildman–Crippen MR) is 99.7 cm³/mol.